The molecule has 0 bridgehead atoms. The van der Waals surface area contributed by atoms with Gasteiger partial charge in [0.1, 0.15) is 11.4 Å². The first-order valence-electron chi connectivity index (χ1n) is 9.37. The normalized spacial score (nSPS) is 15.0. The van der Waals surface area contributed by atoms with Crippen molar-refractivity contribution in [2.45, 2.75) is 57.4 Å². The van der Waals surface area contributed by atoms with E-state index in [0.717, 1.165) is 41.5 Å². The number of thiocarbonyl (C=S) groups is 1. The Morgan fingerprint density at radius 3 is 2.81 bits per heavy atom. The monoisotopic (exact) mass is 373 g/mol. The maximum Gasteiger partial charge on any atom is 0.156 e. The minimum Gasteiger partial charge on any atom is -0.494 e. The number of nitrogens with zero attached hydrogens (tertiary/aromatic N) is 5. The van der Waals surface area contributed by atoms with Crippen LogP contribution in [0.15, 0.2) is 24.3 Å². The molecule has 0 N–H and O–H groups in total. The van der Waals surface area contributed by atoms with Gasteiger partial charge < -0.3 is 9.64 Å². The molecule has 7 heteroatoms. The summed E-state index contributed by atoms with van der Waals surface area (Å²) < 4.78 is 7.18. The molecule has 0 spiro atoms. The number of tetrazole rings is 1. The van der Waals surface area contributed by atoms with Gasteiger partial charge in [0.2, 0.25) is 0 Å². The maximum absolute atomic E-state index is 5.67. The van der Waals surface area contributed by atoms with Crippen LogP contribution in [0, 0.1) is 0 Å². The molecule has 3 rings (SSSR count). The zero-order valence-electron chi connectivity index (χ0n) is 15.6. The van der Waals surface area contributed by atoms with Crippen LogP contribution in [0.4, 0.5) is 0 Å². The van der Waals surface area contributed by atoms with Gasteiger partial charge in [0.15, 0.2) is 5.82 Å². The van der Waals surface area contributed by atoms with E-state index in [-0.39, 0.29) is 0 Å². The van der Waals surface area contributed by atoms with Crippen molar-refractivity contribution in [3.05, 3.63) is 30.1 Å². The van der Waals surface area contributed by atoms with Crippen LogP contribution in [0.25, 0.3) is 5.69 Å². The van der Waals surface area contributed by atoms with Crippen LogP contribution in [0.1, 0.15) is 50.8 Å². The van der Waals surface area contributed by atoms with Gasteiger partial charge in [-0.05, 0) is 48.2 Å². The van der Waals surface area contributed by atoms with Crippen LogP contribution in [0.5, 0.6) is 5.75 Å². The lowest BCUT2D eigenvalue weighted by molar-refractivity contribution is 0.278. The molecule has 1 fully saturated rings. The van der Waals surface area contributed by atoms with Crippen molar-refractivity contribution in [1.29, 1.82) is 0 Å². The van der Waals surface area contributed by atoms with E-state index in [2.05, 4.69) is 27.5 Å². The molecule has 1 saturated carbocycles. The third-order valence-electron chi connectivity index (χ3n) is 5.15. The Morgan fingerprint density at radius 1 is 1.27 bits per heavy atom. The second-order valence-corrected chi connectivity index (χ2v) is 7.30. The lowest BCUT2D eigenvalue weighted by Crippen LogP contribution is -2.37. The van der Waals surface area contributed by atoms with Crippen LogP contribution in [0.3, 0.4) is 0 Å². The fourth-order valence-corrected chi connectivity index (χ4v) is 3.89. The minimum absolute atomic E-state index is 0.621. The van der Waals surface area contributed by atoms with Gasteiger partial charge in [-0.15, -0.1) is 5.10 Å². The number of benzene rings is 1. The number of hydrogen-bond acceptors (Lipinski definition) is 5. The van der Waals surface area contributed by atoms with Gasteiger partial charge in [0.05, 0.1) is 12.1 Å². The smallest absolute Gasteiger partial charge is 0.156 e. The van der Waals surface area contributed by atoms with Crippen LogP contribution in [-0.4, -0.2) is 50.3 Å². The van der Waals surface area contributed by atoms with Crippen molar-refractivity contribution >= 4 is 17.2 Å². The predicted molar refractivity (Wildman–Crippen MR) is 106 cm³/mol. The molecule has 0 atom stereocenters. The number of methoxy groups -OCH3 is 1. The number of aromatic nitrogens is 4. The quantitative estimate of drug-likeness (QED) is 0.692. The molecule has 0 aliphatic heterocycles. The molecule has 6 nitrogen and oxygen atoms in total. The van der Waals surface area contributed by atoms with Crippen molar-refractivity contribution in [2.24, 2.45) is 0 Å². The highest BCUT2D eigenvalue weighted by molar-refractivity contribution is 7.80. The van der Waals surface area contributed by atoms with E-state index in [0.29, 0.717) is 6.04 Å². The van der Waals surface area contributed by atoms with Gasteiger partial charge in [-0.2, -0.15) is 4.68 Å². The maximum atomic E-state index is 5.67. The standard InChI is InChI=1S/C19H27N5OS/c1-23(15-9-4-3-5-10-15)19(26)14-8-13-18-20-21-22-24(18)16-11-6-7-12-17(16)25-2/h6-7,11-12,15H,3-5,8-10,13-14H2,1-2H3. The second kappa shape index (κ2) is 9.07. The molecule has 1 aliphatic rings. The number of hydrogen-bond donors (Lipinski definition) is 0. The van der Waals surface area contributed by atoms with Crippen LogP contribution in [0.2, 0.25) is 0 Å². The van der Waals surface area contributed by atoms with Crippen molar-refractivity contribution < 1.29 is 4.74 Å². The molecule has 0 amide bonds. The predicted octanol–water partition coefficient (Wildman–Crippen LogP) is 3.59. The van der Waals surface area contributed by atoms with Crippen molar-refractivity contribution in [1.82, 2.24) is 25.1 Å². The first-order valence-corrected chi connectivity index (χ1v) is 9.78. The summed E-state index contributed by atoms with van der Waals surface area (Å²) in [7, 11) is 3.81. The summed E-state index contributed by atoms with van der Waals surface area (Å²) in [5.74, 6) is 1.59. The van der Waals surface area contributed by atoms with Crippen molar-refractivity contribution in [3.8, 4) is 11.4 Å². The minimum atomic E-state index is 0.621. The van der Waals surface area contributed by atoms with E-state index >= 15 is 0 Å². The SMILES string of the molecule is COc1ccccc1-n1nnnc1CCCC(=S)N(C)C1CCCCC1. The van der Waals surface area contributed by atoms with Gasteiger partial charge in [-0.25, -0.2) is 0 Å². The van der Waals surface area contributed by atoms with Gasteiger partial charge in [-0.1, -0.05) is 43.6 Å². The second-order valence-electron chi connectivity index (χ2n) is 6.83. The van der Waals surface area contributed by atoms with Crippen LogP contribution >= 0.6 is 12.2 Å². The van der Waals surface area contributed by atoms with E-state index in [1.165, 1.54) is 32.1 Å². The zero-order valence-corrected chi connectivity index (χ0v) is 16.4. The molecule has 0 saturated heterocycles. The first kappa shape index (κ1) is 18.8. The molecule has 1 aliphatic carbocycles. The molecule has 1 aromatic carbocycles. The number of ether oxygens (including phenoxy) is 1. The van der Waals surface area contributed by atoms with Gasteiger partial charge in [-0.3, -0.25) is 0 Å². The Bertz CT molecular complexity index is 726. The van der Waals surface area contributed by atoms with E-state index in [1.807, 2.05) is 24.3 Å². The van der Waals surface area contributed by atoms with Crippen molar-refractivity contribution in [3.63, 3.8) is 0 Å². The number of rotatable bonds is 7. The topological polar surface area (TPSA) is 56.1 Å². The molecule has 0 unspecified atom stereocenters. The molecular weight excluding hydrogens is 346 g/mol. The van der Waals surface area contributed by atoms with E-state index < -0.39 is 0 Å². The summed E-state index contributed by atoms with van der Waals surface area (Å²) in [6.07, 6.45) is 9.15. The Morgan fingerprint density at radius 2 is 2.04 bits per heavy atom. The molecule has 2 aromatic rings. The average Bonchev–Trinajstić information content (AvgIpc) is 3.16. The summed E-state index contributed by atoms with van der Waals surface area (Å²) in [4.78, 5) is 3.37. The molecule has 1 aromatic heterocycles. The van der Waals surface area contributed by atoms with Gasteiger partial charge >= 0.3 is 0 Å². The number of para-hydroxylation sites is 2. The average molecular weight is 374 g/mol. The Kier molecular flexibility index (Phi) is 6.55. The van der Waals surface area contributed by atoms with Crippen LogP contribution < -0.4 is 4.74 Å². The summed E-state index contributed by atoms with van der Waals surface area (Å²) in [6.45, 7) is 0. The summed E-state index contributed by atoms with van der Waals surface area (Å²) in [5.41, 5.74) is 0.858. The fourth-order valence-electron chi connectivity index (χ4n) is 3.60. The molecule has 26 heavy (non-hydrogen) atoms. The zero-order chi connectivity index (χ0) is 18.4. The van der Waals surface area contributed by atoms with Crippen molar-refractivity contribution in [2.75, 3.05) is 14.2 Å². The largest absolute Gasteiger partial charge is 0.494 e. The van der Waals surface area contributed by atoms with E-state index in [9.17, 15) is 0 Å². The fraction of sp³-hybridized carbons (Fsp3) is 0.579. The first-order chi connectivity index (χ1) is 12.7. The van der Waals surface area contributed by atoms with Gasteiger partial charge in [0, 0.05) is 19.5 Å². The lowest BCUT2D eigenvalue weighted by atomic mass is 9.94. The summed E-state index contributed by atoms with van der Waals surface area (Å²) in [5, 5.41) is 12.2. The summed E-state index contributed by atoms with van der Waals surface area (Å²) >= 11 is 5.67. The Balaban J connectivity index is 1.57. The lowest BCUT2D eigenvalue weighted by Gasteiger charge is -2.33. The molecule has 140 valence electrons. The number of aryl methyl sites for hydroxylation is 1. The summed E-state index contributed by atoms with van der Waals surface area (Å²) in [6, 6.07) is 8.38. The van der Waals surface area contributed by atoms with E-state index in [1.54, 1.807) is 11.8 Å². The van der Waals surface area contributed by atoms with E-state index in [4.69, 9.17) is 17.0 Å². The highest BCUT2D eigenvalue weighted by Crippen LogP contribution is 2.24. The third-order valence-corrected chi connectivity index (χ3v) is 5.65. The molecular formula is C19H27N5OS. The van der Waals surface area contributed by atoms with Gasteiger partial charge in [0.25, 0.3) is 0 Å². The molecule has 0 radical (unpaired) electrons. The van der Waals surface area contributed by atoms with Crippen LogP contribution in [-0.2, 0) is 6.42 Å². The third kappa shape index (κ3) is 4.38. The highest BCUT2D eigenvalue weighted by Gasteiger charge is 2.20. The highest BCUT2D eigenvalue weighted by atomic mass is 32.1. The molecule has 1 heterocycles. The Labute approximate surface area is 160 Å². The Hall–Kier alpha value is -2.02.